The smallest absolute Gasteiger partial charge is 0.134 e. The van der Waals surface area contributed by atoms with Crippen LogP contribution in [0.25, 0.3) is 0 Å². The minimum absolute atomic E-state index is 0.602. The predicted octanol–water partition coefficient (Wildman–Crippen LogP) is 4.22. The average Bonchev–Trinajstić information content (AvgIpc) is 2.68. The van der Waals surface area contributed by atoms with Gasteiger partial charge in [0.25, 0.3) is 0 Å². The lowest BCUT2D eigenvalue weighted by Gasteiger charge is -2.36. The highest BCUT2D eigenvalue weighted by atomic mass is 16.5. The Morgan fingerprint density at radius 2 is 2.00 bits per heavy atom. The normalized spacial score (nSPS) is 17.2. The zero-order valence-electron chi connectivity index (χ0n) is 16.2. The van der Waals surface area contributed by atoms with Crippen LogP contribution in [0.5, 0.6) is 5.75 Å². The van der Waals surface area contributed by atoms with Crippen LogP contribution in [-0.4, -0.2) is 36.2 Å². The van der Waals surface area contributed by atoms with E-state index >= 15 is 0 Å². The number of hydrogen-bond acceptors (Lipinski definition) is 5. The molecule has 0 aliphatic carbocycles. The maximum atomic E-state index is 5.21. The molecule has 1 aliphatic heterocycles. The summed E-state index contributed by atoms with van der Waals surface area (Å²) < 4.78 is 5.21. The molecule has 1 aromatic carbocycles. The van der Waals surface area contributed by atoms with Crippen molar-refractivity contribution >= 4 is 11.6 Å². The van der Waals surface area contributed by atoms with Crippen molar-refractivity contribution in [3.05, 3.63) is 41.7 Å². The third kappa shape index (κ3) is 4.65. The van der Waals surface area contributed by atoms with Crippen molar-refractivity contribution < 1.29 is 4.74 Å². The van der Waals surface area contributed by atoms with E-state index in [0.717, 1.165) is 42.7 Å². The molecule has 3 rings (SSSR count). The average molecular weight is 354 g/mol. The molecule has 0 saturated carbocycles. The number of nitrogens with one attached hydrogen (secondary N) is 1. The van der Waals surface area contributed by atoms with Gasteiger partial charge >= 0.3 is 0 Å². The van der Waals surface area contributed by atoms with E-state index in [1.165, 1.54) is 31.2 Å². The third-order valence-corrected chi connectivity index (χ3v) is 5.10. The van der Waals surface area contributed by atoms with Crippen molar-refractivity contribution in [2.45, 2.75) is 52.0 Å². The quantitative estimate of drug-likeness (QED) is 0.807. The first-order valence-corrected chi connectivity index (χ1v) is 9.68. The summed E-state index contributed by atoms with van der Waals surface area (Å²) in [7, 11) is 1.69. The maximum absolute atomic E-state index is 5.21. The molecule has 5 heteroatoms. The molecule has 1 saturated heterocycles. The number of nitrogens with zero attached hydrogens (tertiary/aromatic N) is 3. The van der Waals surface area contributed by atoms with Gasteiger partial charge in [0.2, 0.25) is 0 Å². The Balaban J connectivity index is 1.63. The fraction of sp³-hybridized carbons (Fsp3) is 0.524. The van der Waals surface area contributed by atoms with E-state index in [1.54, 1.807) is 7.11 Å². The zero-order valence-corrected chi connectivity index (χ0v) is 16.2. The highest BCUT2D eigenvalue weighted by molar-refractivity contribution is 5.50. The molecule has 1 N–H and O–H groups in total. The Bertz CT molecular complexity index is 702. The second kappa shape index (κ2) is 8.88. The van der Waals surface area contributed by atoms with Crippen LogP contribution in [-0.2, 0) is 6.42 Å². The van der Waals surface area contributed by atoms with E-state index in [1.807, 2.05) is 19.1 Å². The largest absolute Gasteiger partial charge is 0.497 e. The minimum atomic E-state index is 0.602. The zero-order chi connectivity index (χ0) is 18.4. The van der Waals surface area contributed by atoms with E-state index < -0.39 is 0 Å². The molecule has 2 aromatic rings. The molecular formula is C21H30N4O. The number of aryl methyl sites for hydroxylation is 1. The van der Waals surface area contributed by atoms with Crippen molar-refractivity contribution in [1.29, 1.82) is 0 Å². The topological polar surface area (TPSA) is 50.3 Å². The molecule has 0 spiro atoms. The molecule has 2 heterocycles. The van der Waals surface area contributed by atoms with Gasteiger partial charge in [0.1, 0.15) is 23.2 Å². The number of ether oxygens (including phenoxy) is 1. The number of rotatable bonds is 7. The Kier molecular flexibility index (Phi) is 6.31. The van der Waals surface area contributed by atoms with Gasteiger partial charge in [-0.3, -0.25) is 0 Å². The predicted molar refractivity (Wildman–Crippen MR) is 107 cm³/mol. The van der Waals surface area contributed by atoms with E-state index in [9.17, 15) is 0 Å². The van der Waals surface area contributed by atoms with Crippen molar-refractivity contribution in [1.82, 2.24) is 9.97 Å². The molecule has 1 aromatic heterocycles. The van der Waals surface area contributed by atoms with Crippen LogP contribution in [0, 0.1) is 6.92 Å². The standard InChI is InChI=1S/C21H30N4O/c1-4-18-7-5-6-14-25(18)21-15-20(23-16(2)24-21)22-13-12-17-8-10-19(26-3)11-9-17/h8-11,15,18H,4-7,12-14H2,1-3H3,(H,22,23,24). The van der Waals surface area contributed by atoms with Crippen molar-refractivity contribution in [3.63, 3.8) is 0 Å². The second-order valence-corrected chi connectivity index (χ2v) is 6.93. The summed E-state index contributed by atoms with van der Waals surface area (Å²) in [5.41, 5.74) is 1.28. The summed E-state index contributed by atoms with van der Waals surface area (Å²) in [6.07, 6.45) is 5.96. The maximum Gasteiger partial charge on any atom is 0.134 e. The van der Waals surface area contributed by atoms with Crippen LogP contribution < -0.4 is 15.0 Å². The summed E-state index contributed by atoms with van der Waals surface area (Å²) >= 11 is 0. The number of hydrogen-bond donors (Lipinski definition) is 1. The van der Waals surface area contributed by atoms with Crippen LogP contribution in [0.1, 0.15) is 44.0 Å². The Labute approximate surface area is 156 Å². The number of methoxy groups -OCH3 is 1. The number of aromatic nitrogens is 2. The number of benzene rings is 1. The Morgan fingerprint density at radius 3 is 2.73 bits per heavy atom. The van der Waals surface area contributed by atoms with Crippen molar-refractivity contribution in [3.8, 4) is 5.75 Å². The summed E-state index contributed by atoms with van der Waals surface area (Å²) in [5.74, 6) is 3.71. The van der Waals surface area contributed by atoms with Gasteiger partial charge in [-0.15, -0.1) is 0 Å². The first-order valence-electron chi connectivity index (χ1n) is 9.68. The monoisotopic (exact) mass is 354 g/mol. The number of piperidine rings is 1. The minimum Gasteiger partial charge on any atom is -0.497 e. The molecule has 26 heavy (non-hydrogen) atoms. The fourth-order valence-electron chi connectivity index (χ4n) is 3.64. The molecule has 5 nitrogen and oxygen atoms in total. The number of anilines is 2. The summed E-state index contributed by atoms with van der Waals surface area (Å²) in [6.45, 7) is 6.19. The lowest BCUT2D eigenvalue weighted by atomic mass is 10.00. The third-order valence-electron chi connectivity index (χ3n) is 5.10. The van der Waals surface area contributed by atoms with Gasteiger partial charge in [-0.1, -0.05) is 19.1 Å². The molecule has 1 aliphatic rings. The second-order valence-electron chi connectivity index (χ2n) is 6.93. The molecule has 140 valence electrons. The summed E-state index contributed by atoms with van der Waals surface area (Å²) in [6, 6.07) is 10.9. The molecule has 0 radical (unpaired) electrons. The Hall–Kier alpha value is -2.30. The van der Waals surface area contributed by atoms with Crippen LogP contribution in [0.4, 0.5) is 11.6 Å². The molecule has 1 unspecified atom stereocenters. The molecule has 1 atom stereocenters. The molecule has 1 fully saturated rings. The van der Waals surface area contributed by atoms with E-state index in [0.29, 0.717) is 6.04 Å². The van der Waals surface area contributed by atoms with Crippen LogP contribution in [0.3, 0.4) is 0 Å². The lowest BCUT2D eigenvalue weighted by Crippen LogP contribution is -2.39. The van der Waals surface area contributed by atoms with Gasteiger partial charge < -0.3 is 15.0 Å². The van der Waals surface area contributed by atoms with Crippen molar-refractivity contribution in [2.75, 3.05) is 30.4 Å². The van der Waals surface area contributed by atoms with Crippen LogP contribution >= 0.6 is 0 Å². The van der Waals surface area contributed by atoms with E-state index in [4.69, 9.17) is 9.72 Å². The van der Waals surface area contributed by atoms with Gasteiger partial charge in [-0.05, 0) is 56.7 Å². The molecular weight excluding hydrogens is 324 g/mol. The molecule has 0 amide bonds. The van der Waals surface area contributed by atoms with E-state index in [-0.39, 0.29) is 0 Å². The van der Waals surface area contributed by atoms with E-state index in [2.05, 4.69) is 40.3 Å². The van der Waals surface area contributed by atoms with Gasteiger partial charge in [0.15, 0.2) is 0 Å². The first-order chi connectivity index (χ1) is 12.7. The summed E-state index contributed by atoms with van der Waals surface area (Å²) in [5, 5.41) is 3.47. The van der Waals surface area contributed by atoms with Crippen molar-refractivity contribution in [2.24, 2.45) is 0 Å². The Morgan fingerprint density at radius 1 is 1.19 bits per heavy atom. The fourth-order valence-corrected chi connectivity index (χ4v) is 3.64. The van der Waals surface area contributed by atoms with Crippen LogP contribution in [0.15, 0.2) is 30.3 Å². The highest BCUT2D eigenvalue weighted by Gasteiger charge is 2.22. The first kappa shape index (κ1) is 18.5. The SMILES string of the molecule is CCC1CCCCN1c1cc(NCCc2ccc(OC)cc2)nc(C)n1. The summed E-state index contributed by atoms with van der Waals surface area (Å²) in [4.78, 5) is 11.7. The van der Waals surface area contributed by atoms with Gasteiger partial charge in [-0.2, -0.15) is 0 Å². The highest BCUT2D eigenvalue weighted by Crippen LogP contribution is 2.26. The van der Waals surface area contributed by atoms with Gasteiger partial charge in [0, 0.05) is 25.2 Å². The lowest BCUT2D eigenvalue weighted by molar-refractivity contribution is 0.414. The molecule has 0 bridgehead atoms. The van der Waals surface area contributed by atoms with Crippen LogP contribution in [0.2, 0.25) is 0 Å². The van der Waals surface area contributed by atoms with Gasteiger partial charge in [0.05, 0.1) is 7.11 Å². The van der Waals surface area contributed by atoms with Gasteiger partial charge in [-0.25, -0.2) is 9.97 Å².